The topological polar surface area (TPSA) is 73.8 Å². The van der Waals surface area contributed by atoms with Crippen LogP contribution in [0, 0.1) is 0 Å². The molecule has 26 heavy (non-hydrogen) atoms. The summed E-state index contributed by atoms with van der Waals surface area (Å²) in [6, 6.07) is 10.6. The predicted molar refractivity (Wildman–Crippen MR) is 110 cm³/mol. The molecule has 0 spiro atoms. The van der Waals surface area contributed by atoms with Gasteiger partial charge in [0.05, 0.1) is 5.75 Å². The van der Waals surface area contributed by atoms with Crippen molar-refractivity contribution in [1.29, 1.82) is 0 Å². The summed E-state index contributed by atoms with van der Waals surface area (Å²) in [7, 11) is -1.31. The van der Waals surface area contributed by atoms with Crippen molar-refractivity contribution in [3.63, 3.8) is 0 Å². The van der Waals surface area contributed by atoms with Crippen LogP contribution in [-0.4, -0.2) is 62.4 Å². The second-order valence-corrected chi connectivity index (χ2v) is 10.2. The van der Waals surface area contributed by atoms with Gasteiger partial charge in [0.1, 0.15) is 0 Å². The smallest absolute Gasteiger partial charge is 0.213 e. The summed E-state index contributed by atoms with van der Waals surface area (Å²) in [5.41, 5.74) is 0. The van der Waals surface area contributed by atoms with E-state index in [1.54, 1.807) is 18.3 Å². The van der Waals surface area contributed by atoms with Gasteiger partial charge in [0.25, 0.3) is 0 Å². The molecule has 1 unspecified atom stereocenters. The Morgan fingerprint density at radius 3 is 2.54 bits per heavy atom. The van der Waals surface area contributed by atoms with Gasteiger partial charge in [-0.3, -0.25) is 4.99 Å². The Labute approximate surface area is 161 Å². The van der Waals surface area contributed by atoms with Crippen LogP contribution in [0.1, 0.15) is 26.7 Å². The average Bonchev–Trinajstić information content (AvgIpc) is 2.66. The van der Waals surface area contributed by atoms with Gasteiger partial charge in [-0.05, 0) is 31.9 Å². The second-order valence-electron chi connectivity index (χ2n) is 6.41. The van der Waals surface area contributed by atoms with Crippen LogP contribution < -0.4 is 10.6 Å². The van der Waals surface area contributed by atoms with Crippen LogP contribution in [0.25, 0.3) is 0 Å². The molecular weight excluding hydrogens is 368 g/mol. The van der Waals surface area contributed by atoms with Crippen LogP contribution in [0.4, 0.5) is 0 Å². The van der Waals surface area contributed by atoms with Crippen LogP contribution in [-0.2, 0) is 10.0 Å². The number of thioether (sulfide) groups is 1. The van der Waals surface area contributed by atoms with Crippen LogP contribution in [0.2, 0.25) is 0 Å². The number of hydrogen-bond donors (Lipinski definition) is 2. The summed E-state index contributed by atoms with van der Waals surface area (Å²) < 4.78 is 25.5. The van der Waals surface area contributed by atoms with E-state index in [0.717, 1.165) is 25.3 Å². The van der Waals surface area contributed by atoms with Gasteiger partial charge < -0.3 is 10.6 Å². The van der Waals surface area contributed by atoms with Gasteiger partial charge in [-0.25, -0.2) is 12.7 Å². The summed E-state index contributed by atoms with van der Waals surface area (Å²) in [6.45, 7) is 5.84. The van der Waals surface area contributed by atoms with Crippen molar-refractivity contribution in [2.24, 2.45) is 4.99 Å². The van der Waals surface area contributed by atoms with E-state index in [9.17, 15) is 8.42 Å². The minimum atomic E-state index is -3.07. The second kappa shape index (κ2) is 10.2. The Hall–Kier alpha value is -1.25. The Bertz CT molecular complexity index is 672. The Morgan fingerprint density at radius 2 is 1.96 bits per heavy atom. The number of nitrogens with one attached hydrogen (secondary N) is 2. The summed E-state index contributed by atoms with van der Waals surface area (Å²) in [5.74, 6) is 0.952. The van der Waals surface area contributed by atoms with Crippen molar-refractivity contribution in [2.75, 3.05) is 32.4 Å². The van der Waals surface area contributed by atoms with Crippen LogP contribution >= 0.6 is 11.8 Å². The highest BCUT2D eigenvalue weighted by Crippen LogP contribution is 2.22. The number of guanidine groups is 1. The molecule has 6 nitrogen and oxygen atoms in total. The molecular formula is C18H30N4O2S2. The first kappa shape index (κ1) is 21.1. The highest BCUT2D eigenvalue weighted by Gasteiger charge is 2.27. The minimum Gasteiger partial charge on any atom is -0.355 e. The first-order valence-corrected chi connectivity index (χ1v) is 11.6. The molecule has 1 aromatic carbocycles. The zero-order valence-electron chi connectivity index (χ0n) is 15.8. The van der Waals surface area contributed by atoms with Crippen LogP contribution in [0.5, 0.6) is 0 Å². The molecule has 1 saturated heterocycles. The van der Waals surface area contributed by atoms with E-state index in [0.29, 0.717) is 18.3 Å². The quantitative estimate of drug-likeness (QED) is 0.418. The molecule has 1 heterocycles. The molecule has 0 radical (unpaired) electrons. The predicted octanol–water partition coefficient (Wildman–Crippen LogP) is 2.15. The summed E-state index contributed by atoms with van der Waals surface area (Å²) in [6.07, 6.45) is 1.60. The van der Waals surface area contributed by atoms with Crippen molar-refractivity contribution in [2.45, 2.75) is 42.9 Å². The zero-order chi connectivity index (χ0) is 19.0. The van der Waals surface area contributed by atoms with Gasteiger partial charge in [-0.1, -0.05) is 25.1 Å². The van der Waals surface area contributed by atoms with Gasteiger partial charge in [0.2, 0.25) is 10.0 Å². The standard InChI is InChI=1S/C18H30N4O2S2/c1-4-26(23,24)22-12-10-16(11-13-22)21-18(19-3)20-14-15(2)25-17-8-6-5-7-9-17/h5-9,15-16H,4,10-14H2,1-3H3,(H2,19,20,21). The van der Waals surface area contributed by atoms with E-state index < -0.39 is 10.0 Å². The minimum absolute atomic E-state index is 0.172. The first-order valence-electron chi connectivity index (χ1n) is 9.11. The number of sulfonamides is 1. The highest BCUT2D eigenvalue weighted by molar-refractivity contribution is 8.00. The number of aliphatic imine (C=N–C) groups is 1. The molecule has 0 amide bonds. The first-order chi connectivity index (χ1) is 12.4. The summed E-state index contributed by atoms with van der Waals surface area (Å²) in [5, 5.41) is 7.21. The van der Waals surface area contributed by atoms with Crippen LogP contribution in [0.3, 0.4) is 0 Å². The third-order valence-electron chi connectivity index (χ3n) is 4.41. The van der Waals surface area contributed by atoms with Crippen molar-refractivity contribution >= 4 is 27.7 Å². The molecule has 1 aliphatic heterocycles. The van der Waals surface area contributed by atoms with E-state index in [4.69, 9.17) is 0 Å². The lowest BCUT2D eigenvalue weighted by atomic mass is 10.1. The third kappa shape index (κ3) is 6.48. The van der Waals surface area contributed by atoms with E-state index in [2.05, 4.69) is 34.7 Å². The number of benzene rings is 1. The molecule has 2 N–H and O–H groups in total. The van der Waals surface area contributed by atoms with E-state index in [1.165, 1.54) is 4.90 Å². The monoisotopic (exact) mass is 398 g/mol. The van der Waals surface area contributed by atoms with Crippen molar-refractivity contribution < 1.29 is 8.42 Å². The average molecular weight is 399 g/mol. The molecule has 1 atom stereocenters. The fourth-order valence-corrected chi connectivity index (χ4v) is 4.94. The SMILES string of the molecule is CCS(=O)(=O)N1CCC(NC(=NC)NCC(C)Sc2ccccc2)CC1. The van der Waals surface area contributed by atoms with Crippen molar-refractivity contribution in [1.82, 2.24) is 14.9 Å². The van der Waals surface area contributed by atoms with Gasteiger partial charge in [-0.2, -0.15) is 0 Å². The molecule has 0 saturated carbocycles. The molecule has 146 valence electrons. The normalized spacial score (nSPS) is 18.5. The fourth-order valence-electron chi connectivity index (χ4n) is 2.86. The lowest BCUT2D eigenvalue weighted by Crippen LogP contribution is -2.50. The maximum atomic E-state index is 11.9. The number of nitrogens with zero attached hydrogens (tertiary/aromatic N) is 2. The van der Waals surface area contributed by atoms with Gasteiger partial charge in [0, 0.05) is 42.9 Å². The molecule has 0 aromatic heterocycles. The Kier molecular flexibility index (Phi) is 8.24. The lowest BCUT2D eigenvalue weighted by Gasteiger charge is -2.32. The molecule has 2 rings (SSSR count). The summed E-state index contributed by atoms with van der Waals surface area (Å²) in [4.78, 5) is 5.56. The van der Waals surface area contributed by atoms with Gasteiger partial charge >= 0.3 is 0 Å². The van der Waals surface area contributed by atoms with Gasteiger partial charge in [-0.15, -0.1) is 11.8 Å². The van der Waals surface area contributed by atoms with E-state index in [1.807, 2.05) is 30.0 Å². The summed E-state index contributed by atoms with van der Waals surface area (Å²) >= 11 is 1.83. The molecule has 1 fully saturated rings. The van der Waals surface area contributed by atoms with Gasteiger partial charge in [0.15, 0.2) is 5.96 Å². The zero-order valence-corrected chi connectivity index (χ0v) is 17.4. The maximum Gasteiger partial charge on any atom is 0.213 e. The molecule has 1 aliphatic rings. The molecule has 1 aromatic rings. The van der Waals surface area contributed by atoms with Crippen LogP contribution in [0.15, 0.2) is 40.2 Å². The molecule has 0 bridgehead atoms. The van der Waals surface area contributed by atoms with E-state index >= 15 is 0 Å². The van der Waals surface area contributed by atoms with Crippen molar-refractivity contribution in [3.05, 3.63) is 30.3 Å². The highest BCUT2D eigenvalue weighted by atomic mass is 32.2. The Morgan fingerprint density at radius 1 is 1.31 bits per heavy atom. The fraction of sp³-hybridized carbons (Fsp3) is 0.611. The maximum absolute atomic E-state index is 11.9. The number of rotatable bonds is 7. The largest absolute Gasteiger partial charge is 0.355 e. The molecule has 8 heteroatoms. The number of hydrogen-bond acceptors (Lipinski definition) is 4. The van der Waals surface area contributed by atoms with Crippen molar-refractivity contribution in [3.8, 4) is 0 Å². The lowest BCUT2D eigenvalue weighted by molar-refractivity contribution is 0.306. The third-order valence-corrected chi connectivity index (χ3v) is 7.41. The molecule has 0 aliphatic carbocycles. The number of piperidine rings is 1. The Balaban J connectivity index is 1.74. The van der Waals surface area contributed by atoms with E-state index in [-0.39, 0.29) is 11.8 Å².